The molecular weight excluding hydrogens is 1170 g/mol. The highest BCUT2D eigenvalue weighted by Crippen LogP contribution is 2.14. The summed E-state index contributed by atoms with van der Waals surface area (Å²) in [4.78, 5) is 112. The van der Waals surface area contributed by atoms with E-state index >= 15 is 0 Å². The van der Waals surface area contributed by atoms with Gasteiger partial charge in [0.2, 0.25) is 22.7 Å². The Hall–Kier alpha value is -6.53. The van der Waals surface area contributed by atoms with Crippen LogP contribution in [0.15, 0.2) is 44.8 Å². The van der Waals surface area contributed by atoms with Gasteiger partial charge in [-0.05, 0) is 108 Å². The molecular formula is C63H99N9O18. The number of carboxylic acids is 1. The number of hydrogen-bond acceptors (Lipinski definition) is 23. The molecule has 0 spiro atoms. The molecule has 0 aliphatic rings. The summed E-state index contributed by atoms with van der Waals surface area (Å²) < 4.78 is 49.3. The van der Waals surface area contributed by atoms with Crippen molar-refractivity contribution in [1.29, 1.82) is 0 Å². The van der Waals surface area contributed by atoms with E-state index in [1.165, 1.54) is 13.1 Å². The summed E-state index contributed by atoms with van der Waals surface area (Å²) in [5, 5.41) is 15.2. The molecule has 2 aromatic heterocycles. The van der Waals surface area contributed by atoms with Crippen molar-refractivity contribution in [2.24, 2.45) is 5.73 Å². The Bertz CT molecular complexity index is 2780. The summed E-state index contributed by atoms with van der Waals surface area (Å²) in [6.45, 7) is 16.5. The summed E-state index contributed by atoms with van der Waals surface area (Å²) in [6.07, 6.45) is 11.6. The van der Waals surface area contributed by atoms with Crippen LogP contribution in [-0.4, -0.2) is 204 Å². The summed E-state index contributed by atoms with van der Waals surface area (Å²) in [7, 11) is 0. The predicted molar refractivity (Wildman–Crippen MR) is 338 cm³/mol. The Morgan fingerprint density at radius 1 is 0.611 bits per heavy atom. The number of ketones is 2. The lowest BCUT2D eigenvalue weighted by Gasteiger charge is -2.20. The van der Waals surface area contributed by atoms with E-state index < -0.39 is 23.5 Å². The highest BCUT2D eigenvalue weighted by molar-refractivity contribution is 5.97. The molecule has 504 valence electrons. The maximum atomic E-state index is 12.7. The van der Waals surface area contributed by atoms with Gasteiger partial charge >= 0.3 is 5.97 Å². The second-order valence-corrected chi connectivity index (χ2v) is 21.0. The average molecular weight is 1270 g/mol. The van der Waals surface area contributed by atoms with Crippen molar-refractivity contribution in [2.45, 2.75) is 136 Å². The number of nitrogens with one attached hydrogen (secondary N) is 3. The lowest BCUT2D eigenvalue weighted by Crippen LogP contribution is -2.41. The van der Waals surface area contributed by atoms with Gasteiger partial charge in [-0.15, -0.1) is 0 Å². The van der Waals surface area contributed by atoms with Crippen LogP contribution in [0.1, 0.15) is 138 Å². The average Bonchev–Trinajstić information content (AvgIpc) is 2.01. The number of nitrogens with two attached hydrogens (primary N) is 2. The van der Waals surface area contributed by atoms with Crippen LogP contribution < -0.4 is 38.5 Å². The van der Waals surface area contributed by atoms with Crippen LogP contribution in [0.5, 0.6) is 0 Å². The van der Waals surface area contributed by atoms with Crippen molar-refractivity contribution in [2.75, 3.05) is 150 Å². The summed E-state index contributed by atoms with van der Waals surface area (Å²) in [5.41, 5.74) is 12.8. The fourth-order valence-electron chi connectivity index (χ4n) is 8.65. The number of rotatable bonds is 55. The third-order valence-corrected chi connectivity index (χ3v) is 13.7. The Labute approximate surface area is 527 Å². The minimum absolute atomic E-state index is 0.00666. The summed E-state index contributed by atoms with van der Waals surface area (Å²) in [5.74, 6) is -1.97. The SMILES string of the molecule is CCCCOCCOCCOCCCCC(=O)CC[C@H](NC(=O)c1ccc(NCc2cnc3nc(N)[nH]c(=O)c3n2)cc1)C(=O)O.CCc1c(CCCCOCCOCCOCCCN(CC(=O)CCCCOCCOCCOCCCN)C(C)=O)c(=O)c1=O. The maximum absolute atomic E-state index is 12.7. The molecule has 0 saturated heterocycles. The lowest BCUT2D eigenvalue weighted by molar-refractivity contribution is -0.139. The van der Waals surface area contributed by atoms with Gasteiger partial charge in [-0.2, -0.15) is 4.98 Å². The first kappa shape index (κ1) is 77.7. The maximum Gasteiger partial charge on any atom is 0.326 e. The van der Waals surface area contributed by atoms with Crippen LogP contribution in [0.25, 0.3) is 11.2 Å². The zero-order valence-electron chi connectivity index (χ0n) is 53.2. The first-order valence-electron chi connectivity index (χ1n) is 31.6. The van der Waals surface area contributed by atoms with Gasteiger partial charge in [0.1, 0.15) is 11.8 Å². The van der Waals surface area contributed by atoms with Crippen LogP contribution in [0.4, 0.5) is 11.6 Å². The molecule has 2 amide bonds. The fourth-order valence-corrected chi connectivity index (χ4v) is 8.65. The molecule has 8 N–H and O–H groups in total. The van der Waals surface area contributed by atoms with Crippen LogP contribution in [-0.2, 0) is 81.2 Å². The van der Waals surface area contributed by atoms with Crippen LogP contribution in [0, 0.1) is 0 Å². The van der Waals surface area contributed by atoms with E-state index in [4.69, 9.17) is 54.1 Å². The molecule has 4 aromatic rings. The van der Waals surface area contributed by atoms with Crippen LogP contribution in [0.3, 0.4) is 0 Å². The number of aromatic nitrogens is 4. The number of hydrogen-bond donors (Lipinski definition) is 6. The number of carbonyl (C=O) groups is 5. The highest BCUT2D eigenvalue weighted by Gasteiger charge is 2.22. The largest absolute Gasteiger partial charge is 0.480 e. The van der Waals surface area contributed by atoms with E-state index in [9.17, 15) is 43.5 Å². The van der Waals surface area contributed by atoms with E-state index in [0.29, 0.717) is 193 Å². The van der Waals surface area contributed by atoms with Crippen molar-refractivity contribution in [3.05, 3.63) is 83.6 Å². The Morgan fingerprint density at radius 3 is 1.63 bits per heavy atom. The molecule has 2 aromatic carbocycles. The molecule has 2 heterocycles. The smallest absolute Gasteiger partial charge is 0.326 e. The molecule has 0 bridgehead atoms. The second-order valence-electron chi connectivity index (χ2n) is 21.0. The van der Waals surface area contributed by atoms with E-state index in [1.807, 2.05) is 6.92 Å². The minimum atomic E-state index is -1.21. The normalized spacial score (nSPS) is 11.6. The predicted octanol–water partition coefficient (Wildman–Crippen LogP) is 4.05. The number of aromatic amines is 1. The van der Waals surface area contributed by atoms with Gasteiger partial charge in [-0.1, -0.05) is 20.3 Å². The number of ether oxygens (including phenoxy) is 9. The third-order valence-electron chi connectivity index (χ3n) is 13.7. The molecule has 1 atom stereocenters. The molecule has 0 radical (unpaired) electrons. The van der Waals surface area contributed by atoms with Gasteiger partial charge in [0, 0.05) is 94.7 Å². The lowest BCUT2D eigenvalue weighted by atomic mass is 9.94. The molecule has 4 rings (SSSR count). The molecule has 0 aliphatic heterocycles. The zero-order valence-corrected chi connectivity index (χ0v) is 53.2. The van der Waals surface area contributed by atoms with E-state index in [1.54, 1.807) is 29.2 Å². The quantitative estimate of drug-likeness (QED) is 0.0268. The number of unbranched alkanes of at least 4 members (excludes halogenated alkanes) is 4. The number of H-pyrrole nitrogens is 1. The number of carboxylic acid groups (broad SMARTS) is 1. The first-order chi connectivity index (χ1) is 43.7. The third kappa shape index (κ3) is 34.6. The summed E-state index contributed by atoms with van der Waals surface area (Å²) in [6, 6.07) is 5.19. The monoisotopic (exact) mass is 1270 g/mol. The number of amides is 2. The topological polar surface area (TPSA) is 374 Å². The number of anilines is 2. The zero-order chi connectivity index (χ0) is 65.4. The van der Waals surface area contributed by atoms with Crippen molar-refractivity contribution in [3.63, 3.8) is 0 Å². The van der Waals surface area contributed by atoms with Gasteiger partial charge in [0.15, 0.2) is 16.9 Å². The molecule has 0 aliphatic carbocycles. The minimum Gasteiger partial charge on any atom is -0.480 e. The standard InChI is InChI=1S/C32H56N2O10.C31H43N7O8/c1-3-29-30(32(38)31(29)37)11-5-7-15-40-19-23-44-25-21-42-17-9-13-34(27(2)35)26-28(36)10-4-6-14-39-18-22-43-24-20-41-16-8-12-33;1-2-3-13-44-15-17-46-18-16-45-14-5-4-6-24(39)11-12-25(30(42)43)36-28(40)21-7-9-22(10-8-21)33-19-23-20-34-27-26(35-23)29(41)38-31(32)37-27/h3-26,33H2,1-2H3;7-10,20,25,33H,2-6,11-19H2,1H3,(H,36,40)(H,42,43)(H3,32,34,37,38,41)/t;25-/m.0/s1. The Kier molecular flexibility index (Phi) is 42.5. The first-order valence-corrected chi connectivity index (χ1v) is 31.6. The van der Waals surface area contributed by atoms with E-state index in [2.05, 4.69) is 37.5 Å². The Morgan fingerprint density at radius 2 is 1.11 bits per heavy atom. The molecule has 27 heteroatoms. The number of Topliss-reactive ketones (excluding diaryl/α,β-unsaturated/α-hetero) is 2. The van der Waals surface area contributed by atoms with Gasteiger partial charge < -0.3 is 74.7 Å². The fraction of sp³-hybridized carbons (Fsp3) is 0.667. The van der Waals surface area contributed by atoms with Crippen molar-refractivity contribution in [3.8, 4) is 0 Å². The molecule has 0 fully saturated rings. The van der Waals surface area contributed by atoms with Gasteiger partial charge in [-0.3, -0.25) is 38.5 Å². The van der Waals surface area contributed by atoms with Crippen LogP contribution in [0.2, 0.25) is 0 Å². The number of fused-ring (bicyclic) bond motifs is 1. The van der Waals surface area contributed by atoms with Crippen molar-refractivity contribution >= 4 is 52.1 Å². The number of aliphatic carboxylic acids is 1. The molecule has 27 nitrogen and oxygen atoms in total. The van der Waals surface area contributed by atoms with Crippen LogP contribution >= 0.6 is 0 Å². The van der Waals surface area contributed by atoms with Crippen molar-refractivity contribution < 1.29 is 71.7 Å². The van der Waals surface area contributed by atoms with E-state index in [0.717, 1.165) is 51.6 Å². The highest BCUT2D eigenvalue weighted by atomic mass is 16.6. The second kappa shape index (κ2) is 49.2. The van der Waals surface area contributed by atoms with E-state index in [-0.39, 0.29) is 76.9 Å². The number of nitrogens with zero attached hydrogens (tertiary/aromatic N) is 4. The van der Waals surface area contributed by atoms with Gasteiger partial charge in [0.25, 0.3) is 11.5 Å². The van der Waals surface area contributed by atoms with Gasteiger partial charge in [0.05, 0.1) is 104 Å². The summed E-state index contributed by atoms with van der Waals surface area (Å²) >= 11 is 0. The number of carbonyl (C=O) groups excluding carboxylic acids is 4. The Balaban J connectivity index is 0.000000471. The number of benzene rings is 1. The molecule has 90 heavy (non-hydrogen) atoms. The molecule has 0 unspecified atom stereocenters. The van der Waals surface area contributed by atoms with Gasteiger partial charge in [-0.25, -0.2) is 14.8 Å². The van der Waals surface area contributed by atoms with Crippen molar-refractivity contribution in [1.82, 2.24) is 30.2 Å². The molecule has 0 saturated carbocycles. The number of nitrogen functional groups attached to an aromatic ring is 1.